The molecule has 1 rings (SSSR count). The minimum absolute atomic E-state index is 0.115. The van der Waals surface area contributed by atoms with E-state index in [1.165, 1.54) is 0 Å². The second-order valence-corrected chi connectivity index (χ2v) is 4.34. The van der Waals surface area contributed by atoms with Gasteiger partial charge in [-0.05, 0) is 31.4 Å². The van der Waals surface area contributed by atoms with Gasteiger partial charge in [0.05, 0.1) is 26.7 Å². The Morgan fingerprint density at radius 3 is 2.58 bits per heavy atom. The van der Waals surface area contributed by atoms with Crippen molar-refractivity contribution in [1.82, 2.24) is 0 Å². The van der Waals surface area contributed by atoms with E-state index in [4.69, 9.17) is 14.2 Å². The lowest BCUT2D eigenvalue weighted by molar-refractivity contribution is -0.147. The van der Waals surface area contributed by atoms with Crippen LogP contribution in [-0.2, 0) is 16.0 Å². The molecular weight excluding hydrogens is 244 g/mol. The molecular formula is C15H22O4. The molecule has 0 unspecified atom stereocenters. The molecule has 0 bridgehead atoms. The van der Waals surface area contributed by atoms with Crippen molar-refractivity contribution in [3.8, 4) is 11.5 Å². The van der Waals surface area contributed by atoms with E-state index in [2.05, 4.69) is 0 Å². The molecule has 1 aromatic rings. The van der Waals surface area contributed by atoms with Crippen LogP contribution < -0.4 is 9.47 Å². The highest BCUT2D eigenvalue weighted by atomic mass is 16.5. The lowest BCUT2D eigenvalue weighted by Crippen LogP contribution is -2.15. The number of benzene rings is 1. The van der Waals surface area contributed by atoms with Crippen LogP contribution in [0.25, 0.3) is 0 Å². The topological polar surface area (TPSA) is 44.8 Å². The van der Waals surface area contributed by atoms with E-state index in [9.17, 15) is 4.79 Å². The van der Waals surface area contributed by atoms with Gasteiger partial charge < -0.3 is 14.2 Å². The Kier molecular flexibility index (Phi) is 6.19. The summed E-state index contributed by atoms with van der Waals surface area (Å²) in [5, 5.41) is 0. The van der Waals surface area contributed by atoms with Gasteiger partial charge in [0, 0.05) is 0 Å². The average molecular weight is 266 g/mol. The number of hydrogen-bond donors (Lipinski definition) is 0. The summed E-state index contributed by atoms with van der Waals surface area (Å²) in [4.78, 5) is 11.6. The third-order valence-electron chi connectivity index (χ3n) is 3.02. The molecule has 0 aromatic heterocycles. The number of hydrogen-bond acceptors (Lipinski definition) is 4. The molecule has 1 aromatic carbocycles. The summed E-state index contributed by atoms with van der Waals surface area (Å²) in [6.45, 7) is 4.12. The van der Waals surface area contributed by atoms with Gasteiger partial charge in [0.1, 0.15) is 0 Å². The van der Waals surface area contributed by atoms with Gasteiger partial charge in [-0.15, -0.1) is 0 Å². The fourth-order valence-corrected chi connectivity index (χ4v) is 1.92. The van der Waals surface area contributed by atoms with Gasteiger partial charge in [0.2, 0.25) is 0 Å². The first kappa shape index (κ1) is 15.3. The molecule has 19 heavy (non-hydrogen) atoms. The van der Waals surface area contributed by atoms with Crippen molar-refractivity contribution >= 4 is 5.97 Å². The molecule has 0 N–H and O–H groups in total. The van der Waals surface area contributed by atoms with Gasteiger partial charge in [0.25, 0.3) is 0 Å². The van der Waals surface area contributed by atoms with Crippen LogP contribution in [0.2, 0.25) is 0 Å². The monoisotopic (exact) mass is 266 g/mol. The van der Waals surface area contributed by atoms with E-state index in [0.717, 1.165) is 24.2 Å². The van der Waals surface area contributed by atoms with E-state index in [1.807, 2.05) is 32.0 Å². The van der Waals surface area contributed by atoms with Gasteiger partial charge in [-0.3, -0.25) is 4.79 Å². The van der Waals surface area contributed by atoms with Crippen LogP contribution >= 0.6 is 0 Å². The summed E-state index contributed by atoms with van der Waals surface area (Å²) in [6, 6.07) is 5.77. The maximum Gasteiger partial charge on any atom is 0.308 e. The zero-order chi connectivity index (χ0) is 14.3. The summed E-state index contributed by atoms with van der Waals surface area (Å²) in [7, 11) is 3.24. The third-order valence-corrected chi connectivity index (χ3v) is 3.02. The zero-order valence-corrected chi connectivity index (χ0v) is 12.1. The highest BCUT2D eigenvalue weighted by molar-refractivity contribution is 5.71. The number of carbonyl (C=O) groups is 1. The van der Waals surface area contributed by atoms with E-state index in [0.29, 0.717) is 12.4 Å². The Bertz CT molecular complexity index is 415. The number of ether oxygens (including phenoxy) is 3. The molecule has 0 saturated heterocycles. The van der Waals surface area contributed by atoms with Crippen LogP contribution in [0.1, 0.15) is 25.8 Å². The Morgan fingerprint density at radius 2 is 2.00 bits per heavy atom. The van der Waals surface area contributed by atoms with E-state index >= 15 is 0 Å². The van der Waals surface area contributed by atoms with Crippen molar-refractivity contribution in [3.05, 3.63) is 23.8 Å². The minimum atomic E-state index is -0.149. The van der Waals surface area contributed by atoms with Crippen LogP contribution in [-0.4, -0.2) is 26.8 Å². The number of para-hydroxylation sites is 1. The maximum absolute atomic E-state index is 11.6. The molecule has 0 aliphatic carbocycles. The van der Waals surface area contributed by atoms with Crippen LogP contribution in [0.15, 0.2) is 18.2 Å². The van der Waals surface area contributed by atoms with Gasteiger partial charge in [-0.2, -0.15) is 0 Å². The fraction of sp³-hybridized carbons (Fsp3) is 0.533. The SMILES string of the molecule is CCOC(=O)[C@H](C)CCc1cccc(OC)c1OC. The summed E-state index contributed by atoms with van der Waals surface area (Å²) < 4.78 is 15.6. The second-order valence-electron chi connectivity index (χ2n) is 4.34. The predicted octanol–water partition coefficient (Wildman–Crippen LogP) is 2.84. The van der Waals surface area contributed by atoms with Crippen LogP contribution in [0.3, 0.4) is 0 Å². The van der Waals surface area contributed by atoms with Gasteiger partial charge in [0.15, 0.2) is 11.5 Å². The van der Waals surface area contributed by atoms with Crippen molar-refractivity contribution < 1.29 is 19.0 Å². The van der Waals surface area contributed by atoms with Crippen molar-refractivity contribution in [1.29, 1.82) is 0 Å². The molecule has 0 amide bonds. The van der Waals surface area contributed by atoms with Gasteiger partial charge >= 0.3 is 5.97 Å². The summed E-state index contributed by atoms with van der Waals surface area (Å²) in [6.07, 6.45) is 1.47. The van der Waals surface area contributed by atoms with Gasteiger partial charge in [-0.25, -0.2) is 0 Å². The van der Waals surface area contributed by atoms with Crippen molar-refractivity contribution in [3.63, 3.8) is 0 Å². The summed E-state index contributed by atoms with van der Waals surface area (Å²) in [5.41, 5.74) is 1.04. The normalized spacial score (nSPS) is 11.8. The fourth-order valence-electron chi connectivity index (χ4n) is 1.92. The lowest BCUT2D eigenvalue weighted by atomic mass is 10.0. The molecule has 4 heteroatoms. The summed E-state index contributed by atoms with van der Waals surface area (Å²) >= 11 is 0. The number of aryl methyl sites for hydroxylation is 1. The standard InChI is InChI=1S/C15H22O4/c1-5-19-15(16)11(2)9-10-12-7-6-8-13(17-3)14(12)18-4/h6-8,11H,5,9-10H2,1-4H3/t11-/m1/s1. The zero-order valence-electron chi connectivity index (χ0n) is 12.1. The molecule has 0 fully saturated rings. The van der Waals surface area contributed by atoms with E-state index < -0.39 is 0 Å². The molecule has 0 radical (unpaired) electrons. The first-order valence-electron chi connectivity index (χ1n) is 6.50. The Balaban J connectivity index is 2.70. The molecule has 0 aliphatic rings. The molecule has 1 atom stereocenters. The number of methoxy groups -OCH3 is 2. The van der Waals surface area contributed by atoms with Crippen LogP contribution in [0.5, 0.6) is 11.5 Å². The first-order chi connectivity index (χ1) is 9.13. The average Bonchev–Trinajstić information content (AvgIpc) is 2.44. The highest BCUT2D eigenvalue weighted by Gasteiger charge is 2.16. The smallest absolute Gasteiger partial charge is 0.308 e. The quantitative estimate of drug-likeness (QED) is 0.712. The maximum atomic E-state index is 11.6. The highest BCUT2D eigenvalue weighted by Crippen LogP contribution is 2.31. The predicted molar refractivity (Wildman–Crippen MR) is 73.7 cm³/mol. The molecule has 4 nitrogen and oxygen atoms in total. The number of rotatable bonds is 7. The Hall–Kier alpha value is -1.71. The first-order valence-corrected chi connectivity index (χ1v) is 6.50. The number of carbonyl (C=O) groups excluding carboxylic acids is 1. The van der Waals surface area contributed by atoms with Gasteiger partial charge in [-0.1, -0.05) is 19.1 Å². The largest absolute Gasteiger partial charge is 0.493 e. The molecule has 0 saturated carbocycles. The third kappa shape index (κ3) is 4.16. The molecule has 0 spiro atoms. The second kappa shape index (κ2) is 7.67. The van der Waals surface area contributed by atoms with Crippen LogP contribution in [0.4, 0.5) is 0 Å². The van der Waals surface area contributed by atoms with Crippen LogP contribution in [0, 0.1) is 5.92 Å². The molecule has 0 aliphatic heterocycles. The Labute approximate surface area is 114 Å². The Morgan fingerprint density at radius 1 is 1.26 bits per heavy atom. The minimum Gasteiger partial charge on any atom is -0.493 e. The van der Waals surface area contributed by atoms with E-state index in [-0.39, 0.29) is 11.9 Å². The van der Waals surface area contributed by atoms with Crippen molar-refractivity contribution in [2.45, 2.75) is 26.7 Å². The van der Waals surface area contributed by atoms with E-state index in [1.54, 1.807) is 14.2 Å². The number of esters is 1. The molecule has 0 heterocycles. The van der Waals surface area contributed by atoms with Crippen molar-refractivity contribution in [2.75, 3.05) is 20.8 Å². The molecule has 106 valence electrons. The summed E-state index contributed by atoms with van der Waals surface area (Å²) in [5.74, 6) is 1.19. The van der Waals surface area contributed by atoms with Crippen molar-refractivity contribution in [2.24, 2.45) is 5.92 Å². The lowest BCUT2D eigenvalue weighted by Gasteiger charge is -2.14.